The van der Waals surface area contributed by atoms with Crippen molar-refractivity contribution in [3.63, 3.8) is 0 Å². The molecule has 2 aromatic heterocycles. The van der Waals surface area contributed by atoms with Gasteiger partial charge in [0.25, 0.3) is 5.91 Å². The van der Waals surface area contributed by atoms with Gasteiger partial charge in [-0.3, -0.25) is 9.78 Å². The van der Waals surface area contributed by atoms with Crippen LogP contribution in [0.1, 0.15) is 15.9 Å². The minimum atomic E-state index is -0.154. The number of rotatable bonds is 6. The maximum Gasteiger partial charge on any atom is 0.258 e. The zero-order valence-corrected chi connectivity index (χ0v) is 17.5. The predicted octanol–water partition coefficient (Wildman–Crippen LogP) is 5.90. The van der Waals surface area contributed by atoms with Crippen molar-refractivity contribution in [2.45, 2.75) is 15.7 Å². The summed E-state index contributed by atoms with van der Waals surface area (Å²) in [4.78, 5) is 22.8. The first kappa shape index (κ1) is 19.5. The van der Waals surface area contributed by atoms with Crippen LogP contribution in [0.5, 0.6) is 0 Å². The van der Waals surface area contributed by atoms with Crippen LogP contribution in [0.3, 0.4) is 0 Å². The van der Waals surface area contributed by atoms with E-state index >= 15 is 0 Å². The van der Waals surface area contributed by atoms with Crippen molar-refractivity contribution in [1.29, 1.82) is 0 Å². The van der Waals surface area contributed by atoms with Crippen molar-refractivity contribution < 1.29 is 4.79 Å². The molecule has 144 valence electrons. The number of thioether (sulfide) groups is 2. The quantitative estimate of drug-likeness (QED) is 0.396. The van der Waals surface area contributed by atoms with Crippen LogP contribution in [-0.2, 0) is 5.75 Å². The molecule has 0 fully saturated rings. The molecule has 4 rings (SSSR count). The zero-order valence-electron chi connectivity index (χ0n) is 15.8. The Morgan fingerprint density at radius 2 is 1.86 bits per heavy atom. The lowest BCUT2D eigenvalue weighted by Crippen LogP contribution is -2.13. The van der Waals surface area contributed by atoms with Gasteiger partial charge >= 0.3 is 0 Å². The van der Waals surface area contributed by atoms with Crippen LogP contribution in [0.4, 0.5) is 5.69 Å². The molecule has 0 unspecified atom stereocenters. The van der Waals surface area contributed by atoms with Gasteiger partial charge in [0.05, 0.1) is 11.1 Å². The van der Waals surface area contributed by atoms with Crippen LogP contribution in [-0.4, -0.2) is 22.1 Å². The highest BCUT2D eigenvalue weighted by Gasteiger charge is 2.14. The first-order valence-electron chi connectivity index (χ1n) is 9.10. The number of carbonyl (C=O) groups is 1. The van der Waals surface area contributed by atoms with Gasteiger partial charge in [-0.2, -0.15) is 0 Å². The van der Waals surface area contributed by atoms with E-state index < -0.39 is 0 Å². The zero-order chi connectivity index (χ0) is 20.1. The highest BCUT2D eigenvalue weighted by Crippen LogP contribution is 2.28. The smallest absolute Gasteiger partial charge is 0.258 e. The second kappa shape index (κ2) is 9.11. The van der Waals surface area contributed by atoms with Gasteiger partial charge in [0, 0.05) is 34.1 Å². The van der Waals surface area contributed by atoms with Crippen molar-refractivity contribution in [2.24, 2.45) is 0 Å². The summed E-state index contributed by atoms with van der Waals surface area (Å²) in [7, 11) is 0. The topological polar surface area (TPSA) is 54.9 Å². The van der Waals surface area contributed by atoms with Crippen molar-refractivity contribution >= 4 is 46.0 Å². The molecule has 6 heteroatoms. The van der Waals surface area contributed by atoms with E-state index in [0.29, 0.717) is 16.3 Å². The molecule has 1 amide bonds. The lowest BCUT2D eigenvalue weighted by Gasteiger charge is -2.10. The Balaban J connectivity index is 1.54. The highest BCUT2D eigenvalue weighted by molar-refractivity contribution is 7.98. The molecule has 0 saturated heterocycles. The van der Waals surface area contributed by atoms with Gasteiger partial charge in [0.2, 0.25) is 0 Å². The van der Waals surface area contributed by atoms with E-state index in [4.69, 9.17) is 0 Å². The monoisotopic (exact) mass is 417 g/mol. The van der Waals surface area contributed by atoms with Crippen molar-refractivity contribution in [3.05, 3.63) is 90.3 Å². The summed E-state index contributed by atoms with van der Waals surface area (Å²) in [5.74, 6) is 0.556. The van der Waals surface area contributed by atoms with Gasteiger partial charge in [-0.1, -0.05) is 24.3 Å². The van der Waals surface area contributed by atoms with Gasteiger partial charge in [0.1, 0.15) is 5.03 Å². The van der Waals surface area contributed by atoms with Gasteiger partial charge in [-0.25, -0.2) is 4.98 Å². The van der Waals surface area contributed by atoms with Crippen LogP contribution < -0.4 is 5.32 Å². The van der Waals surface area contributed by atoms with E-state index in [1.807, 2.05) is 67.0 Å². The number of hydrogen-bond donors (Lipinski definition) is 1. The fourth-order valence-electron chi connectivity index (χ4n) is 3.00. The lowest BCUT2D eigenvalue weighted by molar-refractivity contribution is 0.102. The number of anilines is 1. The minimum absolute atomic E-state index is 0.154. The predicted molar refractivity (Wildman–Crippen MR) is 122 cm³/mol. The third-order valence-corrected chi connectivity index (χ3v) is 6.23. The number of carbonyl (C=O) groups excluding carboxylic acids is 1. The molecule has 4 nitrogen and oxygen atoms in total. The molecule has 0 saturated carbocycles. The molecule has 0 spiro atoms. The van der Waals surface area contributed by atoms with Gasteiger partial charge in [-0.15, -0.1) is 23.5 Å². The molecule has 29 heavy (non-hydrogen) atoms. The Bertz CT molecular complexity index is 1160. The number of pyridine rings is 2. The molecule has 0 atom stereocenters. The molecule has 4 aromatic rings. The fourth-order valence-corrected chi connectivity index (χ4v) is 4.46. The standard InChI is InChI=1S/C23H19N3OS2/c1-28-18-7-4-6-17(14-18)26-22(27)20-9-5-12-25-23(20)29-15-16-11-13-24-21-10-3-2-8-19(16)21/h2-14H,15H2,1H3,(H,26,27). The Morgan fingerprint density at radius 1 is 0.966 bits per heavy atom. The highest BCUT2D eigenvalue weighted by atomic mass is 32.2. The van der Waals surface area contributed by atoms with E-state index in [1.165, 1.54) is 5.56 Å². The minimum Gasteiger partial charge on any atom is -0.322 e. The number of fused-ring (bicyclic) bond motifs is 1. The van der Waals surface area contributed by atoms with Crippen molar-refractivity contribution in [1.82, 2.24) is 9.97 Å². The summed E-state index contributed by atoms with van der Waals surface area (Å²) >= 11 is 3.20. The molecule has 2 heterocycles. The van der Waals surface area contributed by atoms with Gasteiger partial charge in [-0.05, 0) is 54.3 Å². The van der Waals surface area contributed by atoms with Crippen LogP contribution >= 0.6 is 23.5 Å². The number of benzene rings is 2. The SMILES string of the molecule is CSc1cccc(NC(=O)c2cccnc2SCc2ccnc3ccccc23)c1. The summed E-state index contributed by atoms with van der Waals surface area (Å²) in [6.45, 7) is 0. The first-order valence-corrected chi connectivity index (χ1v) is 11.3. The van der Waals surface area contributed by atoms with Crippen LogP contribution in [0.15, 0.2) is 89.0 Å². The van der Waals surface area contributed by atoms with Crippen molar-refractivity contribution in [3.8, 4) is 0 Å². The molecular weight excluding hydrogens is 398 g/mol. The Kier molecular flexibility index (Phi) is 6.12. The molecule has 0 aliphatic rings. The maximum absolute atomic E-state index is 12.9. The molecule has 0 aliphatic carbocycles. The van der Waals surface area contributed by atoms with E-state index in [1.54, 1.807) is 35.8 Å². The maximum atomic E-state index is 12.9. The van der Waals surface area contributed by atoms with E-state index in [0.717, 1.165) is 21.5 Å². The Morgan fingerprint density at radius 3 is 2.76 bits per heavy atom. The summed E-state index contributed by atoms with van der Waals surface area (Å²) in [6.07, 6.45) is 5.56. The van der Waals surface area contributed by atoms with Crippen LogP contribution in [0, 0.1) is 0 Å². The average molecular weight is 418 g/mol. The second-order valence-corrected chi connectivity index (χ2v) is 8.16. The first-order chi connectivity index (χ1) is 14.2. The largest absolute Gasteiger partial charge is 0.322 e. The third-order valence-electron chi connectivity index (χ3n) is 4.45. The number of nitrogens with zero attached hydrogens (tertiary/aromatic N) is 2. The van der Waals surface area contributed by atoms with E-state index in [-0.39, 0.29) is 5.91 Å². The normalized spacial score (nSPS) is 10.8. The van der Waals surface area contributed by atoms with E-state index in [2.05, 4.69) is 21.4 Å². The second-order valence-electron chi connectivity index (χ2n) is 6.32. The van der Waals surface area contributed by atoms with Gasteiger partial charge < -0.3 is 5.32 Å². The van der Waals surface area contributed by atoms with Crippen LogP contribution in [0.25, 0.3) is 10.9 Å². The molecule has 2 aromatic carbocycles. The number of amides is 1. The summed E-state index contributed by atoms with van der Waals surface area (Å²) in [5, 5.41) is 4.82. The number of nitrogens with one attached hydrogen (secondary N) is 1. The van der Waals surface area contributed by atoms with Crippen molar-refractivity contribution in [2.75, 3.05) is 11.6 Å². The summed E-state index contributed by atoms with van der Waals surface area (Å²) in [6, 6.07) is 21.5. The third kappa shape index (κ3) is 4.60. The summed E-state index contributed by atoms with van der Waals surface area (Å²) < 4.78 is 0. The fraction of sp³-hybridized carbons (Fsp3) is 0.0870. The van der Waals surface area contributed by atoms with Gasteiger partial charge in [0.15, 0.2) is 0 Å². The average Bonchev–Trinajstić information content (AvgIpc) is 2.78. The Hall–Kier alpha value is -2.83. The number of para-hydroxylation sites is 1. The number of hydrogen-bond acceptors (Lipinski definition) is 5. The molecule has 1 N–H and O–H groups in total. The molecular formula is C23H19N3OS2. The van der Waals surface area contributed by atoms with Crippen LogP contribution in [0.2, 0.25) is 0 Å². The molecule has 0 aliphatic heterocycles. The molecule has 0 radical (unpaired) electrons. The molecule has 0 bridgehead atoms. The lowest BCUT2D eigenvalue weighted by atomic mass is 10.1. The summed E-state index contributed by atoms with van der Waals surface area (Å²) in [5.41, 5.74) is 3.50. The number of aromatic nitrogens is 2. The Labute approximate surface area is 178 Å². The van der Waals surface area contributed by atoms with E-state index in [9.17, 15) is 4.79 Å².